The summed E-state index contributed by atoms with van der Waals surface area (Å²) in [4.78, 5) is 10.6. The molecule has 2 aromatic carbocycles. The molecule has 0 heterocycles. The Balaban J connectivity index is 2.39. The Morgan fingerprint density at radius 3 is 2.52 bits per heavy atom. The number of hydrogen-bond acceptors (Lipinski definition) is 4. The molecule has 0 amide bonds. The molecule has 21 heavy (non-hydrogen) atoms. The summed E-state index contributed by atoms with van der Waals surface area (Å²) in [5.41, 5.74) is 6.67. The smallest absolute Gasteiger partial charge is 0.312 e. The van der Waals surface area contributed by atoms with Gasteiger partial charge < -0.3 is 10.5 Å². The van der Waals surface area contributed by atoms with E-state index in [9.17, 15) is 10.1 Å². The third-order valence-corrected chi connectivity index (χ3v) is 4.14. The molecule has 2 N–H and O–H groups in total. The van der Waals surface area contributed by atoms with Gasteiger partial charge in [0.05, 0.1) is 9.40 Å². The van der Waals surface area contributed by atoms with Crippen molar-refractivity contribution in [1.82, 2.24) is 0 Å². The fourth-order valence-corrected chi connectivity index (χ4v) is 2.96. The van der Waals surface area contributed by atoms with Crippen LogP contribution in [0.15, 0.2) is 45.3 Å². The number of nitro benzene ring substituents is 1. The van der Waals surface area contributed by atoms with Gasteiger partial charge in [-0.3, -0.25) is 10.1 Å². The number of nitrogens with zero attached hydrogens (tertiary/aromatic N) is 1. The molecule has 0 saturated carbocycles. The molecule has 0 spiro atoms. The summed E-state index contributed by atoms with van der Waals surface area (Å²) < 4.78 is 6.97. The van der Waals surface area contributed by atoms with Gasteiger partial charge in [-0.25, -0.2) is 0 Å². The topological polar surface area (TPSA) is 78.4 Å². The summed E-state index contributed by atoms with van der Waals surface area (Å²) in [7, 11) is 0. The molecule has 5 nitrogen and oxygen atoms in total. The van der Waals surface area contributed by atoms with Gasteiger partial charge >= 0.3 is 5.69 Å². The van der Waals surface area contributed by atoms with Crippen LogP contribution >= 0.6 is 31.9 Å². The number of benzene rings is 2. The van der Waals surface area contributed by atoms with Crippen LogP contribution in [0.4, 0.5) is 5.69 Å². The molecule has 0 aliphatic carbocycles. The largest absolute Gasteiger partial charge is 0.449 e. The SMILES string of the molecule is CC(N)c1ccc(Oc2c(Br)cccc2[N+](=O)[O-])cc1Br. The van der Waals surface area contributed by atoms with Crippen LogP contribution in [0.25, 0.3) is 0 Å². The molecular formula is C14H12Br2N2O3. The second-order valence-electron chi connectivity index (χ2n) is 4.42. The number of para-hydroxylation sites is 1. The monoisotopic (exact) mass is 414 g/mol. The fraction of sp³-hybridized carbons (Fsp3) is 0.143. The lowest BCUT2D eigenvalue weighted by Crippen LogP contribution is -2.05. The standard InChI is InChI=1S/C14H12Br2N2O3/c1-8(17)10-6-5-9(7-12(10)16)21-14-11(15)3-2-4-13(14)18(19)20/h2-8H,17H2,1H3. The Kier molecular flexibility index (Phi) is 4.97. The Hall–Kier alpha value is -1.44. The van der Waals surface area contributed by atoms with Crippen molar-refractivity contribution in [1.29, 1.82) is 0 Å². The highest BCUT2D eigenvalue weighted by Crippen LogP contribution is 2.39. The third-order valence-electron chi connectivity index (χ3n) is 2.83. The van der Waals surface area contributed by atoms with Crippen LogP contribution in [0, 0.1) is 10.1 Å². The summed E-state index contributed by atoms with van der Waals surface area (Å²) in [6.45, 7) is 1.87. The molecule has 0 aliphatic rings. The highest BCUT2D eigenvalue weighted by atomic mass is 79.9. The summed E-state index contributed by atoms with van der Waals surface area (Å²) in [5.74, 6) is 0.657. The van der Waals surface area contributed by atoms with Crippen LogP contribution in [0.5, 0.6) is 11.5 Å². The summed E-state index contributed by atoms with van der Waals surface area (Å²) in [5, 5.41) is 11.1. The minimum atomic E-state index is -0.481. The predicted molar refractivity (Wildman–Crippen MR) is 87.6 cm³/mol. The van der Waals surface area contributed by atoms with Crippen LogP contribution in [0.3, 0.4) is 0 Å². The molecule has 2 rings (SSSR count). The van der Waals surface area contributed by atoms with Crippen LogP contribution in [0.1, 0.15) is 18.5 Å². The van der Waals surface area contributed by atoms with Gasteiger partial charge in [0.1, 0.15) is 5.75 Å². The second kappa shape index (κ2) is 6.55. The normalized spacial score (nSPS) is 12.0. The first-order chi connectivity index (χ1) is 9.90. The number of halogens is 2. The van der Waals surface area contributed by atoms with E-state index in [4.69, 9.17) is 10.5 Å². The zero-order chi connectivity index (χ0) is 15.6. The van der Waals surface area contributed by atoms with Crippen molar-refractivity contribution < 1.29 is 9.66 Å². The first-order valence-corrected chi connectivity index (χ1v) is 7.64. The van der Waals surface area contributed by atoms with Gasteiger partial charge in [0.25, 0.3) is 0 Å². The molecule has 0 fully saturated rings. The molecule has 1 unspecified atom stereocenters. The molecule has 0 radical (unpaired) electrons. The molecule has 2 aromatic rings. The Morgan fingerprint density at radius 1 is 1.24 bits per heavy atom. The number of nitrogens with two attached hydrogens (primary N) is 1. The lowest BCUT2D eigenvalue weighted by atomic mass is 10.1. The minimum absolute atomic E-state index is 0.100. The molecule has 1 atom stereocenters. The van der Waals surface area contributed by atoms with Crippen molar-refractivity contribution >= 4 is 37.5 Å². The highest BCUT2D eigenvalue weighted by molar-refractivity contribution is 9.10. The van der Waals surface area contributed by atoms with Crippen molar-refractivity contribution in [2.75, 3.05) is 0 Å². The summed E-state index contributed by atoms with van der Waals surface area (Å²) in [6.07, 6.45) is 0. The Morgan fingerprint density at radius 2 is 1.95 bits per heavy atom. The van der Waals surface area contributed by atoms with Crippen molar-refractivity contribution in [3.05, 3.63) is 61.0 Å². The molecule has 0 bridgehead atoms. The predicted octanol–water partition coefficient (Wildman–Crippen LogP) is 4.93. The second-order valence-corrected chi connectivity index (χ2v) is 6.13. The molecule has 0 saturated heterocycles. The lowest BCUT2D eigenvalue weighted by Gasteiger charge is -2.12. The Bertz CT molecular complexity index is 690. The summed E-state index contributed by atoms with van der Waals surface area (Å²) in [6, 6.07) is 9.84. The Labute approximate surface area is 138 Å². The third kappa shape index (κ3) is 3.61. The molecule has 7 heteroatoms. The first-order valence-electron chi connectivity index (χ1n) is 6.06. The van der Waals surface area contributed by atoms with Gasteiger partial charge in [0.15, 0.2) is 0 Å². The lowest BCUT2D eigenvalue weighted by molar-refractivity contribution is -0.385. The minimum Gasteiger partial charge on any atom is -0.449 e. The molecule has 0 aromatic heterocycles. The first kappa shape index (κ1) is 15.9. The number of nitro groups is 1. The van der Waals surface area contributed by atoms with E-state index in [0.717, 1.165) is 10.0 Å². The van der Waals surface area contributed by atoms with Gasteiger partial charge in [-0.05, 0) is 46.6 Å². The van der Waals surface area contributed by atoms with Crippen molar-refractivity contribution in [2.24, 2.45) is 5.73 Å². The highest BCUT2D eigenvalue weighted by Gasteiger charge is 2.19. The van der Waals surface area contributed by atoms with Crippen molar-refractivity contribution in [3.8, 4) is 11.5 Å². The van der Waals surface area contributed by atoms with Gasteiger partial charge in [-0.2, -0.15) is 0 Å². The van der Waals surface area contributed by atoms with Gasteiger partial charge in [-0.15, -0.1) is 0 Å². The van der Waals surface area contributed by atoms with Crippen LogP contribution in [-0.4, -0.2) is 4.92 Å². The van der Waals surface area contributed by atoms with E-state index in [1.54, 1.807) is 24.3 Å². The van der Waals surface area contributed by atoms with Crippen LogP contribution in [0.2, 0.25) is 0 Å². The van der Waals surface area contributed by atoms with E-state index in [1.807, 2.05) is 13.0 Å². The number of ether oxygens (including phenoxy) is 1. The van der Waals surface area contributed by atoms with Crippen LogP contribution < -0.4 is 10.5 Å². The van der Waals surface area contributed by atoms with Gasteiger partial charge in [0, 0.05) is 16.6 Å². The maximum atomic E-state index is 11.1. The van der Waals surface area contributed by atoms with Crippen LogP contribution in [-0.2, 0) is 0 Å². The molecule has 0 aliphatic heterocycles. The zero-order valence-electron chi connectivity index (χ0n) is 11.0. The molecule has 110 valence electrons. The van der Waals surface area contributed by atoms with E-state index >= 15 is 0 Å². The van der Waals surface area contributed by atoms with Gasteiger partial charge in [-0.1, -0.05) is 28.1 Å². The average molecular weight is 416 g/mol. The van der Waals surface area contributed by atoms with E-state index in [-0.39, 0.29) is 17.5 Å². The summed E-state index contributed by atoms with van der Waals surface area (Å²) >= 11 is 6.69. The number of rotatable bonds is 4. The van der Waals surface area contributed by atoms with E-state index in [2.05, 4.69) is 31.9 Å². The van der Waals surface area contributed by atoms with E-state index in [0.29, 0.717) is 10.2 Å². The average Bonchev–Trinajstić information content (AvgIpc) is 2.40. The van der Waals surface area contributed by atoms with Crippen molar-refractivity contribution in [2.45, 2.75) is 13.0 Å². The molecular weight excluding hydrogens is 404 g/mol. The van der Waals surface area contributed by atoms with E-state index < -0.39 is 4.92 Å². The fourth-order valence-electron chi connectivity index (χ4n) is 1.80. The maximum Gasteiger partial charge on any atom is 0.312 e. The maximum absolute atomic E-state index is 11.1. The van der Waals surface area contributed by atoms with E-state index in [1.165, 1.54) is 6.07 Å². The quantitative estimate of drug-likeness (QED) is 0.567. The van der Waals surface area contributed by atoms with Gasteiger partial charge in [0.2, 0.25) is 5.75 Å². The zero-order valence-corrected chi connectivity index (χ0v) is 14.2. The van der Waals surface area contributed by atoms with Crippen molar-refractivity contribution in [3.63, 3.8) is 0 Å². The number of hydrogen-bond donors (Lipinski definition) is 1.